The standard InChI is InChI=1S/C17H16N4O6/c1-19-8-18-15-14(19)16(26)21(17(27)20(15)2)7-10-6-12(23)11(22)5-9(10)3-4-13(24)25/h3-6,8,22-23H,7H2,1-2H3,(H,24,25)/b4-3+. The van der Waals surface area contributed by atoms with Crippen molar-refractivity contribution >= 4 is 23.2 Å². The Balaban J connectivity index is 2.23. The number of fused-ring (bicyclic) bond motifs is 1. The van der Waals surface area contributed by atoms with E-state index in [0.717, 1.165) is 16.7 Å². The number of benzene rings is 1. The van der Waals surface area contributed by atoms with E-state index in [0.29, 0.717) is 0 Å². The number of aliphatic carboxylic acids is 1. The van der Waals surface area contributed by atoms with E-state index in [1.165, 1.54) is 34.7 Å². The van der Waals surface area contributed by atoms with E-state index >= 15 is 0 Å². The van der Waals surface area contributed by atoms with Crippen LogP contribution in [0.15, 0.2) is 34.1 Å². The van der Waals surface area contributed by atoms with Gasteiger partial charge < -0.3 is 19.9 Å². The summed E-state index contributed by atoms with van der Waals surface area (Å²) in [5.41, 5.74) is -0.206. The third kappa shape index (κ3) is 3.08. The van der Waals surface area contributed by atoms with Gasteiger partial charge in [0.1, 0.15) is 0 Å². The van der Waals surface area contributed by atoms with Crippen molar-refractivity contribution in [3.8, 4) is 11.5 Å². The second-order valence-corrected chi connectivity index (χ2v) is 5.97. The van der Waals surface area contributed by atoms with Gasteiger partial charge in [0.2, 0.25) is 0 Å². The Morgan fingerprint density at radius 2 is 1.85 bits per heavy atom. The molecular weight excluding hydrogens is 356 g/mol. The number of phenolic OH excluding ortho intramolecular Hbond substituents is 2. The number of phenols is 2. The Morgan fingerprint density at radius 1 is 1.19 bits per heavy atom. The number of aryl methyl sites for hydroxylation is 2. The van der Waals surface area contributed by atoms with Crippen molar-refractivity contribution in [2.75, 3.05) is 0 Å². The first kappa shape index (κ1) is 18.0. The van der Waals surface area contributed by atoms with Crippen molar-refractivity contribution in [3.63, 3.8) is 0 Å². The van der Waals surface area contributed by atoms with Crippen LogP contribution in [0.25, 0.3) is 17.2 Å². The molecule has 1 aromatic carbocycles. The summed E-state index contributed by atoms with van der Waals surface area (Å²) in [7, 11) is 3.10. The predicted molar refractivity (Wildman–Crippen MR) is 95.8 cm³/mol. The highest BCUT2D eigenvalue weighted by molar-refractivity contribution is 5.85. The van der Waals surface area contributed by atoms with Crippen LogP contribution >= 0.6 is 0 Å². The number of hydrogen-bond donors (Lipinski definition) is 3. The highest BCUT2D eigenvalue weighted by atomic mass is 16.4. The van der Waals surface area contributed by atoms with Crippen molar-refractivity contribution in [3.05, 3.63) is 56.5 Å². The number of rotatable bonds is 4. The minimum Gasteiger partial charge on any atom is -0.504 e. The van der Waals surface area contributed by atoms with Crippen LogP contribution in [0.1, 0.15) is 11.1 Å². The summed E-state index contributed by atoms with van der Waals surface area (Å²) in [4.78, 5) is 40.2. The third-order valence-corrected chi connectivity index (χ3v) is 4.17. The molecule has 0 amide bonds. The summed E-state index contributed by atoms with van der Waals surface area (Å²) in [5.74, 6) is -2.12. The molecule has 0 unspecified atom stereocenters. The van der Waals surface area contributed by atoms with Crippen LogP contribution in [0.5, 0.6) is 11.5 Å². The summed E-state index contributed by atoms with van der Waals surface area (Å²) in [6.07, 6.45) is 3.47. The Kier molecular flexibility index (Phi) is 4.32. The number of carbonyl (C=O) groups is 1. The van der Waals surface area contributed by atoms with Crippen LogP contribution in [-0.4, -0.2) is 40.0 Å². The molecule has 27 heavy (non-hydrogen) atoms. The molecule has 140 valence electrons. The van der Waals surface area contributed by atoms with E-state index < -0.39 is 28.7 Å². The van der Waals surface area contributed by atoms with E-state index in [4.69, 9.17) is 5.11 Å². The lowest BCUT2D eigenvalue weighted by molar-refractivity contribution is -0.131. The normalized spacial score (nSPS) is 11.5. The SMILES string of the molecule is Cn1cnc2c1c(=O)n(Cc1cc(O)c(O)cc1/C=C/C(=O)O)c(=O)n2C. The van der Waals surface area contributed by atoms with E-state index in [1.807, 2.05) is 0 Å². The minimum atomic E-state index is -1.21. The van der Waals surface area contributed by atoms with Crippen LogP contribution in [0.4, 0.5) is 0 Å². The molecule has 0 spiro atoms. The molecule has 2 heterocycles. The van der Waals surface area contributed by atoms with Gasteiger partial charge >= 0.3 is 11.7 Å². The average molecular weight is 372 g/mol. The molecule has 0 aliphatic rings. The summed E-state index contributed by atoms with van der Waals surface area (Å²) in [5, 5.41) is 28.3. The van der Waals surface area contributed by atoms with E-state index in [9.17, 15) is 24.6 Å². The molecule has 3 N–H and O–H groups in total. The topological polar surface area (TPSA) is 140 Å². The number of nitrogens with zero attached hydrogens (tertiary/aromatic N) is 4. The highest BCUT2D eigenvalue weighted by Gasteiger charge is 2.17. The number of carboxylic acids is 1. The monoisotopic (exact) mass is 372 g/mol. The Labute approximate surface area is 151 Å². The largest absolute Gasteiger partial charge is 0.504 e. The van der Waals surface area contributed by atoms with Crippen LogP contribution in [0, 0.1) is 0 Å². The maximum Gasteiger partial charge on any atom is 0.332 e. The Morgan fingerprint density at radius 3 is 2.52 bits per heavy atom. The summed E-state index contributed by atoms with van der Waals surface area (Å²) in [6, 6.07) is 2.33. The van der Waals surface area contributed by atoms with Crippen molar-refractivity contribution in [1.29, 1.82) is 0 Å². The number of hydrogen-bond acceptors (Lipinski definition) is 6. The van der Waals surface area contributed by atoms with Gasteiger partial charge in [-0.3, -0.25) is 13.9 Å². The van der Waals surface area contributed by atoms with Crippen molar-refractivity contribution in [1.82, 2.24) is 18.7 Å². The Hall–Kier alpha value is -3.82. The molecule has 2 aromatic heterocycles. The fourth-order valence-corrected chi connectivity index (χ4v) is 2.80. The molecule has 0 radical (unpaired) electrons. The minimum absolute atomic E-state index is 0.225. The van der Waals surface area contributed by atoms with E-state index in [2.05, 4.69) is 4.98 Å². The number of carboxylic acid groups (broad SMARTS) is 1. The second-order valence-electron chi connectivity index (χ2n) is 5.97. The molecule has 0 atom stereocenters. The van der Waals surface area contributed by atoms with Crippen molar-refractivity contribution in [2.45, 2.75) is 6.54 Å². The molecule has 3 rings (SSSR count). The van der Waals surface area contributed by atoms with Crippen LogP contribution in [-0.2, 0) is 25.4 Å². The molecule has 0 aliphatic carbocycles. The smallest absolute Gasteiger partial charge is 0.332 e. The van der Waals surface area contributed by atoms with Gasteiger partial charge in [0.25, 0.3) is 5.56 Å². The molecule has 0 saturated heterocycles. The van der Waals surface area contributed by atoms with Crippen LogP contribution in [0.3, 0.4) is 0 Å². The van der Waals surface area contributed by atoms with Gasteiger partial charge in [-0.2, -0.15) is 0 Å². The molecular formula is C17H16N4O6. The van der Waals surface area contributed by atoms with Crippen LogP contribution in [0.2, 0.25) is 0 Å². The van der Waals surface area contributed by atoms with Crippen molar-refractivity contribution in [2.24, 2.45) is 14.1 Å². The zero-order chi connectivity index (χ0) is 19.9. The molecule has 3 aromatic rings. The number of aromatic hydroxyl groups is 2. The second kappa shape index (κ2) is 6.48. The van der Waals surface area contributed by atoms with Gasteiger partial charge in [0.05, 0.1) is 12.9 Å². The lowest BCUT2D eigenvalue weighted by Crippen LogP contribution is -2.40. The fourth-order valence-electron chi connectivity index (χ4n) is 2.80. The molecule has 0 saturated carbocycles. The molecule has 10 nitrogen and oxygen atoms in total. The lowest BCUT2D eigenvalue weighted by Gasteiger charge is -2.12. The van der Waals surface area contributed by atoms with E-state index in [1.54, 1.807) is 7.05 Å². The zero-order valence-electron chi connectivity index (χ0n) is 14.4. The van der Waals surface area contributed by atoms with Crippen molar-refractivity contribution < 1.29 is 20.1 Å². The fraction of sp³-hybridized carbons (Fsp3) is 0.176. The quantitative estimate of drug-likeness (QED) is 0.432. The lowest BCUT2D eigenvalue weighted by atomic mass is 10.1. The van der Waals surface area contributed by atoms with Gasteiger partial charge in [-0.1, -0.05) is 0 Å². The summed E-state index contributed by atoms with van der Waals surface area (Å²) >= 11 is 0. The van der Waals surface area contributed by atoms with Gasteiger partial charge in [0, 0.05) is 20.2 Å². The Bertz CT molecular complexity index is 1210. The maximum absolute atomic E-state index is 12.8. The molecule has 10 heteroatoms. The maximum atomic E-state index is 12.8. The van der Waals surface area contributed by atoms with E-state index in [-0.39, 0.29) is 28.8 Å². The van der Waals surface area contributed by atoms with Gasteiger partial charge in [0.15, 0.2) is 22.7 Å². The molecule has 0 aliphatic heterocycles. The average Bonchev–Trinajstić information content (AvgIpc) is 3.00. The highest BCUT2D eigenvalue weighted by Crippen LogP contribution is 2.29. The first-order valence-corrected chi connectivity index (χ1v) is 7.77. The van der Waals surface area contributed by atoms with Crippen LogP contribution < -0.4 is 11.2 Å². The number of aromatic nitrogens is 4. The molecule has 0 fully saturated rings. The summed E-state index contributed by atoms with van der Waals surface area (Å²) < 4.78 is 3.67. The summed E-state index contributed by atoms with van der Waals surface area (Å²) in [6.45, 7) is -0.236. The van der Waals surface area contributed by atoms with Gasteiger partial charge in [-0.25, -0.2) is 14.6 Å². The first-order valence-electron chi connectivity index (χ1n) is 7.77. The first-order chi connectivity index (χ1) is 12.7. The predicted octanol–water partition coefficient (Wildman–Crippen LogP) is -0.00900. The zero-order valence-corrected chi connectivity index (χ0v) is 14.4. The third-order valence-electron chi connectivity index (χ3n) is 4.17. The van der Waals surface area contributed by atoms with Gasteiger partial charge in [-0.05, 0) is 29.3 Å². The molecule has 0 bridgehead atoms. The van der Waals surface area contributed by atoms with Gasteiger partial charge in [-0.15, -0.1) is 0 Å². The number of imidazole rings is 1.